The van der Waals surface area contributed by atoms with Gasteiger partial charge in [-0.15, -0.1) is 0 Å². The molecule has 0 aliphatic carbocycles. The molecule has 0 fully saturated rings. The van der Waals surface area contributed by atoms with E-state index in [1.165, 1.54) is 0 Å². The summed E-state index contributed by atoms with van der Waals surface area (Å²) >= 11 is 0. The van der Waals surface area contributed by atoms with Crippen molar-refractivity contribution in [3.63, 3.8) is 0 Å². The number of hydrogen-bond acceptors (Lipinski definition) is 4. The number of hydrogen-bond donors (Lipinski definition) is 2. The van der Waals surface area contributed by atoms with E-state index in [-0.39, 0.29) is 0 Å². The van der Waals surface area contributed by atoms with Gasteiger partial charge >= 0.3 is 5.97 Å². The van der Waals surface area contributed by atoms with Crippen LogP contribution in [0.25, 0.3) is 0 Å². The zero-order valence-corrected chi connectivity index (χ0v) is 11.8. The second kappa shape index (κ2) is 5.34. The molecule has 1 amide bonds. The lowest BCUT2D eigenvalue weighted by Gasteiger charge is -2.27. The van der Waals surface area contributed by atoms with Crippen molar-refractivity contribution in [1.29, 1.82) is 0 Å². The summed E-state index contributed by atoms with van der Waals surface area (Å²) in [6, 6.07) is 0.632. The van der Waals surface area contributed by atoms with Crippen molar-refractivity contribution in [2.24, 2.45) is 5.41 Å². The topological polar surface area (TPSA) is 92.2 Å². The zero-order chi connectivity index (χ0) is 14.8. The Kier molecular flexibility index (Phi) is 4.24. The summed E-state index contributed by atoms with van der Waals surface area (Å²) in [6.45, 7) is 8.66. The Morgan fingerprint density at radius 3 is 2.32 bits per heavy atom. The molecule has 0 aromatic carbocycles. The molecule has 104 valence electrons. The van der Waals surface area contributed by atoms with E-state index in [1.807, 2.05) is 0 Å². The zero-order valence-electron chi connectivity index (χ0n) is 11.8. The first-order chi connectivity index (χ1) is 8.62. The second-order valence-corrected chi connectivity index (χ2v) is 5.60. The Morgan fingerprint density at radius 2 is 1.84 bits per heavy atom. The first-order valence-corrected chi connectivity index (χ1v) is 5.97. The third-order valence-electron chi connectivity index (χ3n) is 2.73. The fraction of sp³-hybridized carbons (Fsp3) is 0.538. The van der Waals surface area contributed by atoms with Crippen molar-refractivity contribution in [2.45, 2.75) is 40.7 Å². The van der Waals surface area contributed by atoms with Crippen molar-refractivity contribution < 1.29 is 14.7 Å². The van der Waals surface area contributed by atoms with Gasteiger partial charge in [-0.05, 0) is 25.3 Å². The van der Waals surface area contributed by atoms with Crippen LogP contribution in [0.4, 0.5) is 0 Å². The van der Waals surface area contributed by atoms with Crippen LogP contribution in [0, 0.1) is 19.3 Å². The van der Waals surface area contributed by atoms with Gasteiger partial charge in [-0.25, -0.2) is 4.79 Å². The van der Waals surface area contributed by atoms with E-state index >= 15 is 0 Å². The average Bonchev–Trinajstić information content (AvgIpc) is 2.26. The number of carboxylic acids is 1. The van der Waals surface area contributed by atoms with Gasteiger partial charge in [-0.1, -0.05) is 20.8 Å². The van der Waals surface area contributed by atoms with Crippen LogP contribution in [-0.4, -0.2) is 33.2 Å². The number of carboxylic acid groups (broad SMARTS) is 1. The molecule has 0 saturated carbocycles. The number of carbonyl (C=O) groups excluding carboxylic acids is 1. The number of aromatic nitrogens is 2. The van der Waals surface area contributed by atoms with E-state index in [1.54, 1.807) is 40.7 Å². The smallest absolute Gasteiger partial charge is 0.326 e. The second-order valence-electron chi connectivity index (χ2n) is 5.60. The molecule has 0 unspecified atom stereocenters. The highest BCUT2D eigenvalue weighted by Crippen LogP contribution is 2.20. The summed E-state index contributed by atoms with van der Waals surface area (Å²) < 4.78 is 0. The maximum absolute atomic E-state index is 12.1. The van der Waals surface area contributed by atoms with E-state index in [9.17, 15) is 14.7 Å². The number of carbonyl (C=O) groups is 2. The fourth-order valence-electron chi connectivity index (χ4n) is 1.64. The number of aryl methyl sites for hydroxylation is 2. The Morgan fingerprint density at radius 1 is 1.26 bits per heavy atom. The molecule has 0 aliphatic heterocycles. The Bertz CT molecular complexity index is 506. The van der Waals surface area contributed by atoms with Crippen LogP contribution in [0.3, 0.4) is 0 Å². The summed E-state index contributed by atoms with van der Waals surface area (Å²) in [5, 5.41) is 19.4. The highest BCUT2D eigenvalue weighted by atomic mass is 16.4. The molecule has 1 aromatic heterocycles. The standard InChI is InChI=1S/C13H19N3O3/c1-7-6-9(8(2)16-15-7)11(17)14-10(12(18)19)13(3,4)5/h6,10H,1-5H3,(H,14,17)(H,18,19)/t10-/m1/s1. The van der Waals surface area contributed by atoms with Crippen molar-refractivity contribution >= 4 is 11.9 Å². The highest BCUT2D eigenvalue weighted by molar-refractivity contribution is 5.97. The maximum Gasteiger partial charge on any atom is 0.326 e. The molecule has 2 N–H and O–H groups in total. The first-order valence-electron chi connectivity index (χ1n) is 5.97. The highest BCUT2D eigenvalue weighted by Gasteiger charge is 2.33. The van der Waals surface area contributed by atoms with Crippen molar-refractivity contribution in [3.8, 4) is 0 Å². The van der Waals surface area contributed by atoms with Crippen LogP contribution in [-0.2, 0) is 4.79 Å². The average molecular weight is 265 g/mol. The summed E-state index contributed by atoms with van der Waals surface area (Å²) in [7, 11) is 0. The Labute approximate surface area is 112 Å². The minimum absolute atomic E-state index is 0.350. The van der Waals surface area contributed by atoms with E-state index < -0.39 is 23.3 Å². The molecule has 0 radical (unpaired) electrons. The van der Waals surface area contributed by atoms with Gasteiger partial charge in [0.25, 0.3) is 5.91 Å². The van der Waals surface area contributed by atoms with Gasteiger partial charge < -0.3 is 10.4 Å². The van der Waals surface area contributed by atoms with E-state index in [2.05, 4.69) is 15.5 Å². The third-order valence-corrected chi connectivity index (χ3v) is 2.73. The molecule has 0 spiro atoms. The predicted molar refractivity (Wildman–Crippen MR) is 69.9 cm³/mol. The van der Waals surface area contributed by atoms with Crippen molar-refractivity contribution in [3.05, 3.63) is 23.0 Å². The van der Waals surface area contributed by atoms with E-state index in [0.29, 0.717) is 17.0 Å². The lowest BCUT2D eigenvalue weighted by Crippen LogP contribution is -2.49. The summed E-state index contributed by atoms with van der Waals surface area (Å²) in [5.74, 6) is -1.50. The molecule has 1 aromatic rings. The molecule has 0 aliphatic rings. The molecular weight excluding hydrogens is 246 g/mol. The number of nitrogens with one attached hydrogen (secondary N) is 1. The molecule has 0 bridgehead atoms. The normalized spacial score (nSPS) is 12.9. The largest absolute Gasteiger partial charge is 0.480 e. The fourth-order valence-corrected chi connectivity index (χ4v) is 1.64. The summed E-state index contributed by atoms with van der Waals surface area (Å²) in [6.07, 6.45) is 0. The van der Waals surface area contributed by atoms with E-state index in [0.717, 1.165) is 0 Å². The minimum Gasteiger partial charge on any atom is -0.480 e. The number of rotatable bonds is 3. The van der Waals surface area contributed by atoms with Crippen molar-refractivity contribution in [1.82, 2.24) is 15.5 Å². The van der Waals surface area contributed by atoms with Crippen LogP contribution >= 0.6 is 0 Å². The maximum atomic E-state index is 12.1. The SMILES string of the molecule is Cc1cc(C(=O)N[C@H](C(=O)O)C(C)(C)C)c(C)nn1. The van der Waals surface area contributed by atoms with Crippen LogP contribution in [0.15, 0.2) is 6.07 Å². The first kappa shape index (κ1) is 15.1. The van der Waals surface area contributed by atoms with Crippen LogP contribution in [0.1, 0.15) is 42.5 Å². The number of aliphatic carboxylic acids is 1. The lowest BCUT2D eigenvalue weighted by molar-refractivity contribution is -0.142. The van der Waals surface area contributed by atoms with Gasteiger partial charge in [0.15, 0.2) is 0 Å². The lowest BCUT2D eigenvalue weighted by atomic mass is 9.86. The van der Waals surface area contributed by atoms with Crippen LogP contribution in [0.2, 0.25) is 0 Å². The number of nitrogens with zero attached hydrogens (tertiary/aromatic N) is 2. The molecule has 19 heavy (non-hydrogen) atoms. The van der Waals surface area contributed by atoms with Crippen molar-refractivity contribution in [2.75, 3.05) is 0 Å². The van der Waals surface area contributed by atoms with Gasteiger partial charge in [-0.2, -0.15) is 10.2 Å². The Balaban J connectivity index is 3.01. The number of amides is 1. The van der Waals surface area contributed by atoms with Gasteiger partial charge in [-0.3, -0.25) is 4.79 Å². The Hall–Kier alpha value is -1.98. The molecule has 0 saturated heterocycles. The van der Waals surface area contributed by atoms with Crippen LogP contribution < -0.4 is 5.32 Å². The molecular formula is C13H19N3O3. The van der Waals surface area contributed by atoms with Gasteiger partial charge in [0.05, 0.1) is 17.0 Å². The van der Waals surface area contributed by atoms with Gasteiger partial charge in [0.2, 0.25) is 0 Å². The summed E-state index contributed by atoms with van der Waals surface area (Å²) in [5.41, 5.74) is 0.854. The molecule has 6 nitrogen and oxygen atoms in total. The quantitative estimate of drug-likeness (QED) is 0.860. The molecule has 1 rings (SSSR count). The molecule has 1 heterocycles. The van der Waals surface area contributed by atoms with Gasteiger partial charge in [0.1, 0.15) is 6.04 Å². The van der Waals surface area contributed by atoms with E-state index in [4.69, 9.17) is 0 Å². The summed E-state index contributed by atoms with van der Waals surface area (Å²) in [4.78, 5) is 23.4. The third kappa shape index (κ3) is 3.74. The monoisotopic (exact) mass is 265 g/mol. The minimum atomic E-state index is -1.06. The molecule has 1 atom stereocenters. The molecule has 6 heteroatoms. The van der Waals surface area contributed by atoms with Crippen LogP contribution in [0.5, 0.6) is 0 Å². The van der Waals surface area contributed by atoms with Gasteiger partial charge in [0, 0.05) is 0 Å². The predicted octanol–water partition coefficient (Wildman–Crippen LogP) is 1.32.